The number of nitrogens with one attached hydrogen (secondary N) is 1. The van der Waals surface area contributed by atoms with Crippen LogP contribution in [0.1, 0.15) is 54.3 Å². The number of carbonyl (C=O) groups is 3. The molecule has 26 heavy (non-hydrogen) atoms. The lowest BCUT2D eigenvalue weighted by Crippen LogP contribution is -2.47. The smallest absolute Gasteiger partial charge is 0.407 e. The van der Waals surface area contributed by atoms with Crippen molar-refractivity contribution in [1.29, 1.82) is 0 Å². The Labute approximate surface area is 153 Å². The number of alkyl carbamates (subject to hydrolysis) is 1. The number of benzene rings is 1. The predicted octanol–water partition coefficient (Wildman–Crippen LogP) is 2.60. The van der Waals surface area contributed by atoms with Crippen LogP contribution in [-0.4, -0.2) is 54.7 Å². The number of ether oxygens (including phenoxy) is 2. The largest absolute Gasteiger partial charge is 0.465 e. The zero-order chi connectivity index (χ0) is 19.3. The fourth-order valence-electron chi connectivity index (χ4n) is 2.78. The van der Waals surface area contributed by atoms with Crippen molar-refractivity contribution >= 4 is 18.0 Å². The van der Waals surface area contributed by atoms with Gasteiger partial charge in [0.05, 0.1) is 12.7 Å². The minimum Gasteiger partial charge on any atom is -0.465 e. The van der Waals surface area contributed by atoms with E-state index in [0.29, 0.717) is 37.1 Å². The molecule has 0 unspecified atom stereocenters. The maximum Gasteiger partial charge on any atom is 0.407 e. The molecule has 1 saturated heterocycles. The van der Waals surface area contributed by atoms with Crippen molar-refractivity contribution in [2.75, 3.05) is 20.2 Å². The Kier molecular flexibility index (Phi) is 6.23. The molecule has 1 aliphatic heterocycles. The maximum absolute atomic E-state index is 12.6. The number of likely N-dealkylation sites (tertiary alicyclic amines) is 1. The SMILES string of the molecule is COC(=O)c1cccc(C(=O)N2CCC(NC(=O)OC(C)(C)C)CC2)c1. The Morgan fingerprint density at radius 2 is 1.73 bits per heavy atom. The Hall–Kier alpha value is -2.57. The molecule has 2 amide bonds. The molecule has 1 aromatic rings. The van der Waals surface area contributed by atoms with Crippen LogP contribution in [0.15, 0.2) is 24.3 Å². The zero-order valence-electron chi connectivity index (χ0n) is 15.7. The normalized spacial score (nSPS) is 15.3. The first-order chi connectivity index (χ1) is 12.2. The second-order valence-corrected chi connectivity index (χ2v) is 7.29. The molecule has 0 saturated carbocycles. The van der Waals surface area contributed by atoms with Gasteiger partial charge in [-0.25, -0.2) is 9.59 Å². The number of hydrogen-bond acceptors (Lipinski definition) is 5. The molecular formula is C19H26N2O5. The van der Waals surface area contributed by atoms with Crippen molar-refractivity contribution in [3.05, 3.63) is 35.4 Å². The molecule has 1 fully saturated rings. The van der Waals surface area contributed by atoms with Crippen molar-refractivity contribution in [1.82, 2.24) is 10.2 Å². The number of carbonyl (C=O) groups excluding carboxylic acids is 3. The Bertz CT molecular complexity index is 673. The van der Waals surface area contributed by atoms with Gasteiger partial charge in [0, 0.05) is 24.7 Å². The molecule has 1 aliphatic rings. The molecule has 2 rings (SSSR count). The van der Waals surface area contributed by atoms with Crippen molar-refractivity contribution in [2.45, 2.75) is 45.3 Å². The molecule has 7 heteroatoms. The van der Waals surface area contributed by atoms with Crippen LogP contribution in [0.5, 0.6) is 0 Å². The first kappa shape index (κ1) is 19.8. The first-order valence-corrected chi connectivity index (χ1v) is 8.67. The topological polar surface area (TPSA) is 84.9 Å². The van der Waals surface area contributed by atoms with Gasteiger partial charge < -0.3 is 19.7 Å². The van der Waals surface area contributed by atoms with E-state index in [1.807, 2.05) is 20.8 Å². The Morgan fingerprint density at radius 1 is 1.12 bits per heavy atom. The molecule has 1 heterocycles. The quantitative estimate of drug-likeness (QED) is 0.836. The summed E-state index contributed by atoms with van der Waals surface area (Å²) in [6, 6.07) is 6.48. The summed E-state index contributed by atoms with van der Waals surface area (Å²) in [6.07, 6.45) is 0.872. The third-order valence-electron chi connectivity index (χ3n) is 4.03. The summed E-state index contributed by atoms with van der Waals surface area (Å²) < 4.78 is 9.94. The summed E-state index contributed by atoms with van der Waals surface area (Å²) in [5, 5.41) is 2.85. The van der Waals surface area contributed by atoms with Crippen LogP contribution in [0, 0.1) is 0 Å². The van der Waals surface area contributed by atoms with Gasteiger partial charge in [-0.1, -0.05) is 6.07 Å². The van der Waals surface area contributed by atoms with Crippen LogP contribution in [0.4, 0.5) is 4.79 Å². The monoisotopic (exact) mass is 362 g/mol. The van der Waals surface area contributed by atoms with E-state index in [1.165, 1.54) is 7.11 Å². The predicted molar refractivity (Wildman–Crippen MR) is 96.1 cm³/mol. The number of hydrogen-bond donors (Lipinski definition) is 1. The number of nitrogens with zero attached hydrogens (tertiary/aromatic N) is 1. The molecule has 0 spiro atoms. The highest BCUT2D eigenvalue weighted by molar-refractivity contribution is 5.98. The lowest BCUT2D eigenvalue weighted by atomic mass is 10.0. The van der Waals surface area contributed by atoms with E-state index in [4.69, 9.17) is 4.74 Å². The summed E-state index contributed by atoms with van der Waals surface area (Å²) in [5.74, 6) is -0.605. The Balaban J connectivity index is 1.90. The molecule has 7 nitrogen and oxygen atoms in total. The highest BCUT2D eigenvalue weighted by Gasteiger charge is 2.26. The minimum absolute atomic E-state index is 0.0182. The van der Waals surface area contributed by atoms with E-state index in [9.17, 15) is 14.4 Å². The lowest BCUT2D eigenvalue weighted by molar-refractivity contribution is 0.0473. The number of methoxy groups -OCH3 is 1. The van der Waals surface area contributed by atoms with Crippen molar-refractivity contribution in [3.63, 3.8) is 0 Å². The van der Waals surface area contributed by atoms with Crippen molar-refractivity contribution < 1.29 is 23.9 Å². The molecular weight excluding hydrogens is 336 g/mol. The van der Waals surface area contributed by atoms with Gasteiger partial charge in [0.25, 0.3) is 5.91 Å². The molecule has 0 bridgehead atoms. The van der Waals surface area contributed by atoms with Gasteiger partial charge in [-0.15, -0.1) is 0 Å². The van der Waals surface area contributed by atoms with Crippen molar-refractivity contribution in [3.8, 4) is 0 Å². The fraction of sp³-hybridized carbons (Fsp3) is 0.526. The molecule has 142 valence electrons. The van der Waals surface area contributed by atoms with Crippen LogP contribution in [0.3, 0.4) is 0 Å². The summed E-state index contributed by atoms with van der Waals surface area (Å²) in [7, 11) is 1.30. The third kappa shape index (κ3) is 5.47. The molecule has 0 aliphatic carbocycles. The summed E-state index contributed by atoms with van der Waals surface area (Å²) in [6.45, 7) is 6.51. The van der Waals surface area contributed by atoms with Crippen LogP contribution in [-0.2, 0) is 9.47 Å². The van der Waals surface area contributed by atoms with E-state index in [0.717, 1.165) is 0 Å². The fourth-order valence-corrected chi connectivity index (χ4v) is 2.78. The van der Waals surface area contributed by atoms with E-state index >= 15 is 0 Å². The van der Waals surface area contributed by atoms with Crippen molar-refractivity contribution in [2.24, 2.45) is 0 Å². The van der Waals surface area contributed by atoms with Crippen LogP contribution < -0.4 is 5.32 Å². The van der Waals surface area contributed by atoms with Gasteiger partial charge in [0.2, 0.25) is 0 Å². The van der Waals surface area contributed by atoms with Crippen LogP contribution >= 0.6 is 0 Å². The molecule has 0 atom stereocenters. The van der Waals surface area contributed by atoms with E-state index < -0.39 is 17.7 Å². The highest BCUT2D eigenvalue weighted by Crippen LogP contribution is 2.16. The third-order valence-corrected chi connectivity index (χ3v) is 4.03. The van der Waals surface area contributed by atoms with Crippen LogP contribution in [0.2, 0.25) is 0 Å². The van der Waals surface area contributed by atoms with Crippen LogP contribution in [0.25, 0.3) is 0 Å². The van der Waals surface area contributed by atoms with E-state index in [2.05, 4.69) is 10.1 Å². The number of esters is 1. The number of amides is 2. The second-order valence-electron chi connectivity index (χ2n) is 7.29. The van der Waals surface area contributed by atoms with E-state index in [1.54, 1.807) is 29.2 Å². The Morgan fingerprint density at radius 3 is 2.31 bits per heavy atom. The molecule has 1 N–H and O–H groups in total. The van der Waals surface area contributed by atoms with Gasteiger partial charge in [-0.3, -0.25) is 4.79 Å². The summed E-state index contributed by atoms with van der Waals surface area (Å²) in [4.78, 5) is 37.8. The van der Waals surface area contributed by atoms with Gasteiger partial charge >= 0.3 is 12.1 Å². The second kappa shape index (κ2) is 8.21. The summed E-state index contributed by atoms with van der Waals surface area (Å²) in [5.41, 5.74) is 0.261. The average molecular weight is 362 g/mol. The maximum atomic E-state index is 12.6. The summed E-state index contributed by atoms with van der Waals surface area (Å²) >= 11 is 0. The molecule has 0 radical (unpaired) electrons. The zero-order valence-corrected chi connectivity index (χ0v) is 15.7. The minimum atomic E-state index is -0.536. The molecule has 1 aromatic carbocycles. The number of piperidine rings is 1. The van der Waals surface area contributed by atoms with Gasteiger partial charge in [0.1, 0.15) is 5.60 Å². The van der Waals surface area contributed by atoms with E-state index in [-0.39, 0.29) is 11.9 Å². The molecule has 0 aromatic heterocycles. The first-order valence-electron chi connectivity index (χ1n) is 8.67. The van der Waals surface area contributed by atoms with Gasteiger partial charge in [-0.05, 0) is 51.8 Å². The van der Waals surface area contributed by atoms with Gasteiger partial charge in [0.15, 0.2) is 0 Å². The highest BCUT2D eigenvalue weighted by atomic mass is 16.6. The van der Waals surface area contributed by atoms with Gasteiger partial charge in [-0.2, -0.15) is 0 Å². The lowest BCUT2D eigenvalue weighted by Gasteiger charge is -2.33. The average Bonchev–Trinajstić information content (AvgIpc) is 2.59. The number of rotatable bonds is 3. The standard InChI is InChI=1S/C19H26N2O5/c1-19(2,3)26-18(24)20-15-8-10-21(11-9-15)16(22)13-6-5-7-14(12-13)17(23)25-4/h5-7,12,15H,8-11H2,1-4H3,(H,20,24).